The van der Waals surface area contributed by atoms with E-state index < -0.39 is 9.21 Å². The second-order valence-electron chi connectivity index (χ2n) is 3.94. The Bertz CT molecular complexity index is 423. The van der Waals surface area contributed by atoms with Gasteiger partial charge in [-0.3, -0.25) is 0 Å². The van der Waals surface area contributed by atoms with Gasteiger partial charge in [0, 0.05) is 22.4 Å². The van der Waals surface area contributed by atoms with Crippen molar-refractivity contribution in [3.05, 3.63) is 13.2 Å². The number of rotatable bonds is 2. The summed E-state index contributed by atoms with van der Waals surface area (Å²) in [6.45, 7) is 7.34. The van der Waals surface area contributed by atoms with E-state index in [9.17, 15) is 0 Å². The molecule has 2 unspecified atom stereocenters. The van der Waals surface area contributed by atoms with Crippen molar-refractivity contribution >= 4 is 42.5 Å². The van der Waals surface area contributed by atoms with E-state index >= 15 is 0 Å². The Hall–Kier alpha value is -0.210. The van der Waals surface area contributed by atoms with Crippen LogP contribution in [0.2, 0.25) is 0 Å². The summed E-state index contributed by atoms with van der Waals surface area (Å²) in [6.07, 6.45) is 8.63. The molecule has 1 aliphatic carbocycles. The molecule has 0 aromatic rings. The topological polar surface area (TPSA) is 0 Å². The van der Waals surface area contributed by atoms with Gasteiger partial charge in [0.2, 0.25) is 0 Å². The molecule has 1 rings (SSSR count). The van der Waals surface area contributed by atoms with Crippen LogP contribution in [-0.4, -0.2) is 26.6 Å². The molecule has 1 fully saturated rings. The third-order valence-electron chi connectivity index (χ3n) is 3.03. The van der Waals surface area contributed by atoms with Crippen molar-refractivity contribution in [2.24, 2.45) is 5.92 Å². The van der Waals surface area contributed by atoms with Crippen molar-refractivity contribution in [3.8, 4) is 11.7 Å². The minimum Gasteiger partial charge on any atom is -0.123 e. The Morgan fingerprint density at radius 3 is 2.06 bits per heavy atom. The second kappa shape index (κ2) is 5.92. The zero-order chi connectivity index (χ0) is 12.2. The molecule has 1 aliphatic rings. The summed E-state index contributed by atoms with van der Waals surface area (Å²) in [7, 11) is -1.64. The second-order valence-corrected chi connectivity index (χ2v) is 7.69. The Balaban J connectivity index is 3.01. The van der Waals surface area contributed by atoms with E-state index in [1.165, 1.54) is 0 Å². The van der Waals surface area contributed by atoms with Crippen LogP contribution >= 0.6 is 32.4 Å². The molecule has 1 saturated carbocycles. The fraction of sp³-hybridized carbons (Fsp3) is 0.538. The SMILES string of the molecule is C#CS(=C=C)(=C=C)CC1C(Cl)CCCC1Cl. The van der Waals surface area contributed by atoms with Gasteiger partial charge in [-0.15, -0.1) is 29.6 Å². The summed E-state index contributed by atoms with van der Waals surface area (Å²) in [4.78, 5) is 0. The Morgan fingerprint density at radius 1 is 1.19 bits per heavy atom. The minimum atomic E-state index is -1.64. The van der Waals surface area contributed by atoms with Crippen LogP contribution in [0.3, 0.4) is 0 Å². The molecule has 0 aliphatic heterocycles. The molecule has 0 aromatic carbocycles. The lowest BCUT2D eigenvalue weighted by Crippen LogP contribution is -2.32. The molecule has 0 amide bonds. The van der Waals surface area contributed by atoms with Gasteiger partial charge in [-0.25, -0.2) is 0 Å². The predicted octanol–water partition coefficient (Wildman–Crippen LogP) is 3.57. The first-order valence-electron chi connectivity index (χ1n) is 5.22. The van der Waals surface area contributed by atoms with Gasteiger partial charge in [0.15, 0.2) is 0 Å². The highest BCUT2D eigenvalue weighted by molar-refractivity contribution is 8.32. The van der Waals surface area contributed by atoms with Crippen molar-refractivity contribution in [1.29, 1.82) is 0 Å². The van der Waals surface area contributed by atoms with Gasteiger partial charge in [0.05, 0.1) is 0 Å². The Kier molecular flexibility index (Phi) is 5.13. The molecule has 0 nitrogen and oxygen atoms in total. The first-order valence-corrected chi connectivity index (χ1v) is 7.90. The lowest BCUT2D eigenvalue weighted by Gasteiger charge is -2.32. The van der Waals surface area contributed by atoms with Crippen LogP contribution in [0.15, 0.2) is 13.2 Å². The van der Waals surface area contributed by atoms with Gasteiger partial charge in [0.1, 0.15) is 0 Å². The quantitative estimate of drug-likeness (QED) is 0.410. The highest BCUT2D eigenvalue weighted by Gasteiger charge is 2.31. The van der Waals surface area contributed by atoms with E-state index in [1.54, 1.807) is 0 Å². The van der Waals surface area contributed by atoms with E-state index in [4.69, 9.17) is 29.6 Å². The van der Waals surface area contributed by atoms with E-state index in [1.807, 2.05) is 0 Å². The van der Waals surface area contributed by atoms with Crippen LogP contribution < -0.4 is 0 Å². The minimum absolute atomic E-state index is 0.0955. The molecule has 0 N–H and O–H groups in total. The fourth-order valence-corrected chi connectivity index (χ4v) is 4.73. The first kappa shape index (κ1) is 13.9. The van der Waals surface area contributed by atoms with Crippen molar-refractivity contribution in [3.63, 3.8) is 0 Å². The van der Waals surface area contributed by atoms with Crippen LogP contribution in [-0.2, 0) is 0 Å². The Morgan fingerprint density at radius 2 is 1.69 bits per heavy atom. The van der Waals surface area contributed by atoms with Crippen LogP contribution in [0.5, 0.6) is 0 Å². The van der Waals surface area contributed by atoms with Crippen molar-refractivity contribution in [2.45, 2.75) is 30.0 Å². The van der Waals surface area contributed by atoms with E-state index in [0.717, 1.165) is 25.0 Å². The predicted molar refractivity (Wildman–Crippen MR) is 79.2 cm³/mol. The zero-order valence-corrected chi connectivity index (χ0v) is 11.5. The van der Waals surface area contributed by atoms with E-state index in [-0.39, 0.29) is 16.7 Å². The molecule has 0 bridgehead atoms. The standard InChI is InChI=1S/C13H16Cl2S/c1-4-16(5-2,6-3)10-11-12(14)8-7-9-13(11)15/h1,11-13H,2-3,7-10H2. The highest BCUT2D eigenvalue weighted by atomic mass is 35.5. The summed E-state index contributed by atoms with van der Waals surface area (Å²) in [5.74, 6) is 0.936. The third-order valence-corrected chi connectivity index (χ3v) is 6.38. The lowest BCUT2D eigenvalue weighted by molar-refractivity contribution is 0.405. The number of terminal acetylenes is 1. The number of hydrogen-bond donors (Lipinski definition) is 0. The average Bonchev–Trinajstić information content (AvgIpc) is 2.30. The molecule has 16 heavy (non-hydrogen) atoms. The Labute approximate surface area is 109 Å². The normalized spacial score (nSPS) is 29.9. The molecule has 0 heterocycles. The summed E-state index contributed by atoms with van der Waals surface area (Å²) in [5, 5.41) is 8.73. The van der Waals surface area contributed by atoms with Gasteiger partial charge in [-0.2, -0.15) is 0 Å². The van der Waals surface area contributed by atoms with Crippen LogP contribution in [0.1, 0.15) is 19.3 Å². The number of alkyl halides is 2. The molecule has 0 spiro atoms. The van der Waals surface area contributed by atoms with Crippen molar-refractivity contribution in [2.75, 3.05) is 5.75 Å². The van der Waals surface area contributed by atoms with Crippen LogP contribution in [0, 0.1) is 17.6 Å². The van der Waals surface area contributed by atoms with Gasteiger partial charge >= 0.3 is 0 Å². The molecular formula is C13H16Cl2S. The summed E-state index contributed by atoms with van der Waals surface area (Å²) >= 11 is 12.6. The molecule has 0 radical (unpaired) electrons. The molecular weight excluding hydrogens is 259 g/mol. The van der Waals surface area contributed by atoms with Gasteiger partial charge in [0.25, 0.3) is 0 Å². The van der Waals surface area contributed by atoms with E-state index in [2.05, 4.69) is 28.5 Å². The molecule has 3 heteroatoms. The largest absolute Gasteiger partial charge is 0.123 e. The first-order chi connectivity index (χ1) is 7.58. The maximum absolute atomic E-state index is 6.32. The maximum Gasteiger partial charge on any atom is 0.0386 e. The van der Waals surface area contributed by atoms with E-state index in [0.29, 0.717) is 0 Å². The average molecular weight is 275 g/mol. The van der Waals surface area contributed by atoms with Crippen molar-refractivity contribution in [1.82, 2.24) is 0 Å². The zero-order valence-electron chi connectivity index (χ0n) is 9.22. The highest BCUT2D eigenvalue weighted by Crippen LogP contribution is 2.37. The third kappa shape index (κ3) is 2.92. The smallest absolute Gasteiger partial charge is 0.0386 e. The molecule has 2 atom stereocenters. The van der Waals surface area contributed by atoms with Gasteiger partial charge in [-0.1, -0.05) is 25.7 Å². The molecule has 88 valence electrons. The summed E-state index contributed by atoms with van der Waals surface area (Å²) in [5.41, 5.74) is 0. The van der Waals surface area contributed by atoms with Gasteiger partial charge in [-0.05, 0) is 31.3 Å². The summed E-state index contributed by atoms with van der Waals surface area (Å²) in [6, 6.07) is 0. The molecule has 0 saturated heterocycles. The van der Waals surface area contributed by atoms with Gasteiger partial charge < -0.3 is 0 Å². The maximum atomic E-state index is 6.32. The fourth-order valence-electron chi connectivity index (χ4n) is 1.96. The monoisotopic (exact) mass is 274 g/mol. The van der Waals surface area contributed by atoms with Crippen LogP contribution in [0.25, 0.3) is 0 Å². The molecule has 0 aromatic heterocycles. The van der Waals surface area contributed by atoms with Crippen molar-refractivity contribution < 1.29 is 0 Å². The number of halogens is 2. The van der Waals surface area contributed by atoms with Crippen LogP contribution in [0.4, 0.5) is 0 Å². The number of hydrogen-bond acceptors (Lipinski definition) is 0. The lowest BCUT2D eigenvalue weighted by atomic mass is 9.90. The summed E-state index contributed by atoms with van der Waals surface area (Å²) < 4.78 is 0.